The lowest BCUT2D eigenvalue weighted by atomic mass is 9.93. The number of urea groups is 1. The molecule has 2 N–H and O–H groups in total. The Kier molecular flexibility index (Phi) is 8.62. The first-order chi connectivity index (χ1) is 19.3. The quantitative estimate of drug-likeness (QED) is 0.462. The Labute approximate surface area is 237 Å². The topological polar surface area (TPSA) is 93.4 Å². The maximum absolute atomic E-state index is 14.3. The zero-order chi connectivity index (χ0) is 30.1. The van der Waals surface area contributed by atoms with Crippen LogP contribution in [0.1, 0.15) is 30.5 Å². The van der Waals surface area contributed by atoms with Crippen LogP contribution in [0.2, 0.25) is 0 Å². The number of nitrogens with zero attached hydrogens (tertiary/aromatic N) is 5. The molecular weight excluding hydrogens is 537 g/mol. The van der Waals surface area contributed by atoms with E-state index in [1.807, 2.05) is 25.9 Å². The maximum Gasteiger partial charge on any atom is 0.416 e. The Morgan fingerprint density at radius 2 is 1.73 bits per heavy atom. The van der Waals surface area contributed by atoms with Gasteiger partial charge in [-0.1, -0.05) is 25.1 Å². The van der Waals surface area contributed by atoms with Gasteiger partial charge in [-0.05, 0) is 56.4 Å². The Morgan fingerprint density at radius 3 is 2.34 bits per heavy atom. The van der Waals surface area contributed by atoms with Gasteiger partial charge >= 0.3 is 12.2 Å². The van der Waals surface area contributed by atoms with Gasteiger partial charge in [-0.25, -0.2) is 4.79 Å². The van der Waals surface area contributed by atoms with E-state index in [9.17, 15) is 27.6 Å². The van der Waals surface area contributed by atoms with E-state index < -0.39 is 23.8 Å². The number of alkyl halides is 3. The number of anilines is 2. The number of carbonyl (C=O) groups excluding carboxylic acids is 3. The first kappa shape index (κ1) is 29.9. The molecule has 2 aromatic carbocycles. The second-order valence-electron chi connectivity index (χ2n) is 10.6. The number of likely N-dealkylation sites (N-methyl/N-ethyl adjacent to an activating group) is 2. The molecule has 2 aliphatic heterocycles. The average molecular weight is 573 g/mol. The summed E-state index contributed by atoms with van der Waals surface area (Å²) in [4.78, 5) is 48.9. The number of benzene rings is 2. The third-order valence-electron chi connectivity index (χ3n) is 7.25. The van der Waals surface area contributed by atoms with Gasteiger partial charge in [0.05, 0.1) is 35.1 Å². The number of hydrogen-bond acceptors (Lipinski definition) is 5. The number of nitrogen functional groups attached to an aromatic ring is 1. The van der Waals surface area contributed by atoms with Gasteiger partial charge in [0.2, 0.25) is 5.91 Å². The molecule has 0 unspecified atom stereocenters. The summed E-state index contributed by atoms with van der Waals surface area (Å²) in [6.07, 6.45) is -3.99. The molecule has 0 aromatic heterocycles. The standard InChI is InChI=1S/C29H35F3N6O3/c1-5-13-36-17-23-25(27(36)40)26(19-9-11-21(33)12-10-19)37(18-24(39)35(4)15-14-34(2)3)28(41)38(23)22-8-6-7-20(16-22)29(30,31)32/h6-12,16,26H,5,13-15,17-18,33H2,1-4H3/t26-/m1/s1. The lowest BCUT2D eigenvalue weighted by Gasteiger charge is -2.42. The van der Waals surface area contributed by atoms with Gasteiger partial charge in [0.25, 0.3) is 5.91 Å². The van der Waals surface area contributed by atoms with E-state index in [2.05, 4.69) is 0 Å². The van der Waals surface area contributed by atoms with Crippen LogP contribution in [0.15, 0.2) is 59.8 Å². The van der Waals surface area contributed by atoms with Crippen LogP contribution in [0.3, 0.4) is 0 Å². The van der Waals surface area contributed by atoms with E-state index in [-0.39, 0.29) is 36.2 Å². The Morgan fingerprint density at radius 1 is 1.05 bits per heavy atom. The van der Waals surface area contributed by atoms with Crippen molar-refractivity contribution in [2.45, 2.75) is 25.6 Å². The van der Waals surface area contributed by atoms with E-state index >= 15 is 0 Å². The van der Waals surface area contributed by atoms with Crippen molar-refractivity contribution in [2.24, 2.45) is 0 Å². The molecule has 0 bridgehead atoms. The van der Waals surface area contributed by atoms with Gasteiger partial charge in [-0.15, -0.1) is 0 Å². The summed E-state index contributed by atoms with van der Waals surface area (Å²) in [5.41, 5.74) is 6.56. The van der Waals surface area contributed by atoms with Crippen LogP contribution in [0, 0.1) is 0 Å². The van der Waals surface area contributed by atoms with Crippen LogP contribution in [0.25, 0.3) is 0 Å². The minimum absolute atomic E-state index is 0.0300. The number of nitrogens with two attached hydrogens (primary N) is 1. The highest BCUT2D eigenvalue weighted by molar-refractivity contribution is 6.08. The van der Waals surface area contributed by atoms with Gasteiger partial charge in [0.1, 0.15) is 6.54 Å². The molecule has 220 valence electrons. The summed E-state index contributed by atoms with van der Waals surface area (Å²) in [6, 6.07) is 9.50. The maximum atomic E-state index is 14.3. The van der Waals surface area contributed by atoms with Gasteiger partial charge in [0, 0.05) is 32.4 Å². The fourth-order valence-corrected chi connectivity index (χ4v) is 5.07. The molecule has 12 heteroatoms. The molecule has 9 nitrogen and oxygen atoms in total. The van der Waals surface area contributed by atoms with Crippen molar-refractivity contribution in [1.82, 2.24) is 19.6 Å². The Hall–Kier alpha value is -4.06. The minimum Gasteiger partial charge on any atom is -0.399 e. The molecule has 0 saturated heterocycles. The van der Waals surface area contributed by atoms with Crippen LogP contribution in [0.5, 0.6) is 0 Å². The normalized spacial score (nSPS) is 17.6. The van der Waals surface area contributed by atoms with Crippen LogP contribution < -0.4 is 10.6 Å². The smallest absolute Gasteiger partial charge is 0.399 e. The molecule has 0 saturated carbocycles. The van der Waals surface area contributed by atoms with Crippen molar-refractivity contribution < 1.29 is 27.6 Å². The molecule has 0 spiro atoms. The molecular formula is C29H35F3N6O3. The number of halogens is 3. The average Bonchev–Trinajstić information content (AvgIpc) is 3.23. The molecule has 2 aliphatic rings. The van der Waals surface area contributed by atoms with Gasteiger partial charge < -0.3 is 25.3 Å². The van der Waals surface area contributed by atoms with Crippen molar-refractivity contribution in [2.75, 3.05) is 64.5 Å². The molecule has 41 heavy (non-hydrogen) atoms. The van der Waals surface area contributed by atoms with Crippen molar-refractivity contribution >= 4 is 29.2 Å². The minimum atomic E-state index is -4.64. The highest BCUT2D eigenvalue weighted by Gasteiger charge is 2.49. The van der Waals surface area contributed by atoms with Crippen molar-refractivity contribution in [3.05, 3.63) is 70.9 Å². The molecule has 0 aliphatic carbocycles. The summed E-state index contributed by atoms with van der Waals surface area (Å²) in [6.45, 7) is 2.97. The monoisotopic (exact) mass is 572 g/mol. The summed E-state index contributed by atoms with van der Waals surface area (Å²) in [7, 11) is 5.37. The van der Waals surface area contributed by atoms with Crippen LogP contribution >= 0.6 is 0 Å². The fraction of sp³-hybridized carbons (Fsp3) is 0.414. The second-order valence-corrected chi connectivity index (χ2v) is 10.6. The highest BCUT2D eigenvalue weighted by atomic mass is 19.4. The first-order valence-corrected chi connectivity index (χ1v) is 13.4. The molecule has 4 amide bonds. The Bertz CT molecular complexity index is 1340. The number of carbonyl (C=O) groups is 3. The molecule has 2 aromatic rings. The lowest BCUT2D eigenvalue weighted by molar-refractivity contribution is -0.137. The van der Waals surface area contributed by atoms with Gasteiger partial charge in [0.15, 0.2) is 0 Å². The van der Waals surface area contributed by atoms with Gasteiger partial charge in [-0.2, -0.15) is 13.2 Å². The third kappa shape index (κ3) is 6.17. The highest BCUT2D eigenvalue weighted by Crippen LogP contribution is 2.44. The predicted molar refractivity (Wildman–Crippen MR) is 150 cm³/mol. The molecule has 1 atom stereocenters. The fourth-order valence-electron chi connectivity index (χ4n) is 5.07. The van der Waals surface area contributed by atoms with Crippen LogP contribution in [-0.2, 0) is 15.8 Å². The molecule has 0 fully saturated rings. The number of amides is 4. The molecule has 2 heterocycles. The predicted octanol–water partition coefficient (Wildman–Crippen LogP) is 3.80. The summed E-state index contributed by atoms with van der Waals surface area (Å²) < 4.78 is 41.0. The van der Waals surface area contributed by atoms with Crippen molar-refractivity contribution in [3.63, 3.8) is 0 Å². The largest absolute Gasteiger partial charge is 0.416 e. The summed E-state index contributed by atoms with van der Waals surface area (Å²) >= 11 is 0. The van der Waals surface area contributed by atoms with E-state index in [4.69, 9.17) is 5.73 Å². The first-order valence-electron chi connectivity index (χ1n) is 13.4. The van der Waals surface area contributed by atoms with E-state index in [1.54, 1.807) is 36.2 Å². The number of hydrogen-bond donors (Lipinski definition) is 1. The van der Waals surface area contributed by atoms with E-state index in [1.165, 1.54) is 21.9 Å². The second kappa shape index (κ2) is 11.8. The van der Waals surface area contributed by atoms with Crippen molar-refractivity contribution in [1.29, 1.82) is 0 Å². The SMILES string of the molecule is CCCN1CC2=C(C1=O)[C@@H](c1ccc(N)cc1)N(CC(=O)N(C)CCN(C)C)C(=O)N2c1cccc(C(F)(F)F)c1. The van der Waals surface area contributed by atoms with E-state index in [0.717, 1.165) is 17.0 Å². The van der Waals surface area contributed by atoms with Crippen molar-refractivity contribution in [3.8, 4) is 0 Å². The Balaban J connectivity index is 1.87. The van der Waals surface area contributed by atoms with Crippen LogP contribution in [0.4, 0.5) is 29.3 Å². The summed E-state index contributed by atoms with van der Waals surface area (Å²) in [5.74, 6) is -0.698. The zero-order valence-corrected chi connectivity index (χ0v) is 23.6. The third-order valence-corrected chi connectivity index (χ3v) is 7.25. The summed E-state index contributed by atoms with van der Waals surface area (Å²) in [5, 5.41) is 0. The van der Waals surface area contributed by atoms with E-state index in [0.29, 0.717) is 43.0 Å². The van der Waals surface area contributed by atoms with Gasteiger partial charge in [-0.3, -0.25) is 14.5 Å². The molecule has 4 rings (SSSR count). The van der Waals surface area contributed by atoms with Crippen LogP contribution in [-0.4, -0.2) is 91.3 Å². The zero-order valence-electron chi connectivity index (χ0n) is 23.6. The molecule has 0 radical (unpaired) electrons. The number of rotatable bonds is 9. The lowest BCUT2D eigenvalue weighted by Crippen LogP contribution is -2.53.